The van der Waals surface area contributed by atoms with Crippen LogP contribution in [0.1, 0.15) is 36.4 Å². The molecular formula is C16H21F3N2O2. The third-order valence-electron chi connectivity index (χ3n) is 4.04. The smallest absolute Gasteiger partial charge is 0.393 e. The summed E-state index contributed by atoms with van der Waals surface area (Å²) in [4.78, 5) is 11.8. The monoisotopic (exact) mass is 330 g/mol. The van der Waals surface area contributed by atoms with Gasteiger partial charge in [0.25, 0.3) is 0 Å². The summed E-state index contributed by atoms with van der Waals surface area (Å²) in [7, 11) is 0. The molecule has 1 aromatic carbocycles. The van der Waals surface area contributed by atoms with E-state index in [-0.39, 0.29) is 24.1 Å². The third-order valence-corrected chi connectivity index (χ3v) is 4.04. The van der Waals surface area contributed by atoms with E-state index in [2.05, 4.69) is 5.32 Å². The number of carbonyl (C=O) groups excluding carboxylic acids is 1. The van der Waals surface area contributed by atoms with Crippen molar-refractivity contribution in [1.82, 2.24) is 10.6 Å². The summed E-state index contributed by atoms with van der Waals surface area (Å²) in [5, 5.41) is 13.9. The number of carbonyl (C=O) groups is 1. The molecule has 3 N–H and O–H groups in total. The van der Waals surface area contributed by atoms with E-state index in [0.29, 0.717) is 18.4 Å². The molecule has 128 valence electrons. The van der Waals surface area contributed by atoms with E-state index in [9.17, 15) is 23.1 Å². The van der Waals surface area contributed by atoms with Gasteiger partial charge in [0.1, 0.15) is 0 Å². The standard InChI is InChI=1S/C16H21F3N2O2/c1-10-3-2-4-12(7-10)14(16(17,18)19)21-15(23)20-9-11-5-6-13(22)8-11/h2-4,7,11,13-14,22H,5-6,8-9H2,1H3,(H2,20,21,23). The quantitative estimate of drug-likeness (QED) is 0.794. The number of aryl methyl sites for hydroxylation is 1. The van der Waals surface area contributed by atoms with Crippen LogP contribution in [0, 0.1) is 12.8 Å². The van der Waals surface area contributed by atoms with E-state index in [0.717, 1.165) is 6.42 Å². The number of nitrogens with one attached hydrogen (secondary N) is 2. The Labute approximate surface area is 133 Å². The largest absolute Gasteiger partial charge is 0.412 e. The number of alkyl halides is 3. The molecule has 3 unspecified atom stereocenters. The summed E-state index contributed by atoms with van der Waals surface area (Å²) < 4.78 is 39.6. The second-order valence-electron chi connectivity index (χ2n) is 6.08. The van der Waals surface area contributed by atoms with Gasteiger partial charge in [0, 0.05) is 6.54 Å². The molecule has 2 rings (SSSR count). The number of aliphatic hydroxyl groups excluding tert-OH is 1. The van der Waals surface area contributed by atoms with Crippen LogP contribution in [0.3, 0.4) is 0 Å². The topological polar surface area (TPSA) is 61.4 Å². The molecule has 1 saturated carbocycles. The lowest BCUT2D eigenvalue weighted by atomic mass is 10.0. The van der Waals surface area contributed by atoms with Crippen molar-refractivity contribution in [2.45, 2.75) is 44.5 Å². The number of halogens is 3. The van der Waals surface area contributed by atoms with Gasteiger partial charge < -0.3 is 15.7 Å². The van der Waals surface area contributed by atoms with Gasteiger partial charge >= 0.3 is 12.2 Å². The van der Waals surface area contributed by atoms with Crippen LogP contribution in [0.4, 0.5) is 18.0 Å². The predicted octanol–water partition coefficient (Wildman–Crippen LogP) is 3.06. The normalized spacial score (nSPS) is 22.7. The summed E-state index contributed by atoms with van der Waals surface area (Å²) in [5.41, 5.74) is 0.697. The zero-order chi connectivity index (χ0) is 17.0. The summed E-state index contributed by atoms with van der Waals surface area (Å²) in [6.07, 6.45) is -2.94. The van der Waals surface area contributed by atoms with Crippen molar-refractivity contribution < 1.29 is 23.1 Å². The second-order valence-corrected chi connectivity index (χ2v) is 6.08. The Hall–Kier alpha value is -1.76. The molecule has 0 radical (unpaired) electrons. The highest BCUT2D eigenvalue weighted by Gasteiger charge is 2.42. The van der Waals surface area contributed by atoms with E-state index in [1.54, 1.807) is 13.0 Å². The second kappa shape index (κ2) is 7.21. The summed E-state index contributed by atoms with van der Waals surface area (Å²) >= 11 is 0. The van der Waals surface area contributed by atoms with Crippen LogP contribution < -0.4 is 10.6 Å². The van der Waals surface area contributed by atoms with Gasteiger partial charge in [0.2, 0.25) is 0 Å². The van der Waals surface area contributed by atoms with Gasteiger partial charge in [-0.2, -0.15) is 13.2 Å². The van der Waals surface area contributed by atoms with Crippen molar-refractivity contribution in [3.05, 3.63) is 35.4 Å². The Morgan fingerprint density at radius 3 is 2.70 bits per heavy atom. The van der Waals surface area contributed by atoms with Gasteiger partial charge in [-0.3, -0.25) is 0 Å². The van der Waals surface area contributed by atoms with Crippen molar-refractivity contribution in [1.29, 1.82) is 0 Å². The van der Waals surface area contributed by atoms with Crippen LogP contribution in [0.5, 0.6) is 0 Å². The first kappa shape index (κ1) is 17.6. The average molecular weight is 330 g/mol. The molecule has 4 nitrogen and oxygen atoms in total. The van der Waals surface area contributed by atoms with Gasteiger partial charge in [-0.25, -0.2) is 4.79 Å². The zero-order valence-corrected chi connectivity index (χ0v) is 12.9. The molecule has 23 heavy (non-hydrogen) atoms. The fourth-order valence-electron chi connectivity index (χ4n) is 2.86. The highest BCUT2D eigenvalue weighted by Crippen LogP contribution is 2.33. The van der Waals surface area contributed by atoms with Crippen molar-refractivity contribution >= 4 is 6.03 Å². The summed E-state index contributed by atoms with van der Waals surface area (Å²) in [6.45, 7) is 1.96. The van der Waals surface area contributed by atoms with Gasteiger partial charge in [-0.15, -0.1) is 0 Å². The maximum Gasteiger partial charge on any atom is 0.412 e. The minimum Gasteiger partial charge on any atom is -0.393 e. The number of urea groups is 1. The first-order valence-corrected chi connectivity index (χ1v) is 7.61. The van der Waals surface area contributed by atoms with Crippen LogP contribution in [0.25, 0.3) is 0 Å². The molecule has 0 heterocycles. The first-order chi connectivity index (χ1) is 10.8. The Bertz CT molecular complexity index is 548. The van der Waals surface area contributed by atoms with Crippen molar-refractivity contribution in [3.63, 3.8) is 0 Å². The molecule has 0 saturated heterocycles. The van der Waals surface area contributed by atoms with Gasteiger partial charge in [0.15, 0.2) is 6.04 Å². The molecule has 1 fully saturated rings. The SMILES string of the molecule is Cc1cccc(C(NC(=O)NCC2CCC(O)C2)C(F)(F)F)c1. The lowest BCUT2D eigenvalue weighted by Crippen LogP contribution is -2.44. The maximum atomic E-state index is 13.2. The van der Waals surface area contributed by atoms with Gasteiger partial charge in [-0.05, 0) is 37.7 Å². The fourth-order valence-corrected chi connectivity index (χ4v) is 2.86. The highest BCUT2D eigenvalue weighted by atomic mass is 19.4. The maximum absolute atomic E-state index is 13.2. The molecule has 1 aliphatic rings. The summed E-state index contributed by atoms with van der Waals surface area (Å²) in [6, 6.07) is 3.09. The van der Waals surface area contributed by atoms with Crippen molar-refractivity contribution in [3.8, 4) is 0 Å². The van der Waals surface area contributed by atoms with E-state index in [1.807, 2.05) is 5.32 Å². The van der Waals surface area contributed by atoms with Crippen LogP contribution in [0.15, 0.2) is 24.3 Å². The minimum atomic E-state index is -4.57. The molecule has 0 spiro atoms. The third kappa shape index (κ3) is 5.13. The lowest BCUT2D eigenvalue weighted by Gasteiger charge is -2.23. The Kier molecular flexibility index (Phi) is 5.51. The first-order valence-electron chi connectivity index (χ1n) is 7.61. The molecule has 0 aliphatic heterocycles. The zero-order valence-electron chi connectivity index (χ0n) is 12.9. The molecule has 1 aliphatic carbocycles. The number of benzene rings is 1. The fraction of sp³-hybridized carbons (Fsp3) is 0.562. The molecular weight excluding hydrogens is 309 g/mol. The van der Waals surface area contributed by atoms with Gasteiger partial charge in [-0.1, -0.05) is 29.8 Å². The average Bonchev–Trinajstić information content (AvgIpc) is 2.87. The highest BCUT2D eigenvalue weighted by molar-refractivity contribution is 5.74. The minimum absolute atomic E-state index is 0.00365. The van der Waals surface area contributed by atoms with Crippen molar-refractivity contribution in [2.24, 2.45) is 5.92 Å². The van der Waals surface area contributed by atoms with Crippen LogP contribution in [-0.2, 0) is 0 Å². The number of amides is 2. The van der Waals surface area contributed by atoms with Crippen molar-refractivity contribution in [2.75, 3.05) is 6.54 Å². The number of hydrogen-bond acceptors (Lipinski definition) is 2. The van der Waals surface area contributed by atoms with Crippen LogP contribution >= 0.6 is 0 Å². The van der Waals surface area contributed by atoms with Gasteiger partial charge in [0.05, 0.1) is 6.10 Å². The number of hydrogen-bond donors (Lipinski definition) is 3. The molecule has 0 aromatic heterocycles. The predicted molar refractivity (Wildman–Crippen MR) is 79.9 cm³/mol. The molecule has 2 amide bonds. The molecule has 1 aromatic rings. The number of rotatable bonds is 4. The molecule has 3 atom stereocenters. The number of aliphatic hydroxyl groups is 1. The van der Waals surface area contributed by atoms with E-state index < -0.39 is 18.2 Å². The van der Waals surface area contributed by atoms with E-state index in [1.165, 1.54) is 18.2 Å². The van der Waals surface area contributed by atoms with Crippen LogP contribution in [-0.4, -0.2) is 30.0 Å². The lowest BCUT2D eigenvalue weighted by molar-refractivity contribution is -0.154. The Morgan fingerprint density at radius 2 is 2.13 bits per heavy atom. The molecule has 7 heteroatoms. The Morgan fingerprint density at radius 1 is 1.39 bits per heavy atom. The van der Waals surface area contributed by atoms with E-state index >= 15 is 0 Å². The van der Waals surface area contributed by atoms with E-state index in [4.69, 9.17) is 0 Å². The Balaban J connectivity index is 1.96. The van der Waals surface area contributed by atoms with Crippen LogP contribution in [0.2, 0.25) is 0 Å². The molecule has 0 bridgehead atoms. The summed E-state index contributed by atoms with van der Waals surface area (Å²) in [5.74, 6) is 0.110.